The summed E-state index contributed by atoms with van der Waals surface area (Å²) in [4.78, 5) is 0. The molecule has 0 aromatic rings. The van der Waals surface area contributed by atoms with Gasteiger partial charge in [-0.15, -0.1) is 0 Å². The van der Waals surface area contributed by atoms with Crippen molar-refractivity contribution in [3.8, 4) is 12.1 Å². The summed E-state index contributed by atoms with van der Waals surface area (Å²) < 4.78 is 0. The minimum Gasteiger partial charge on any atom is -0.198 e. The monoisotopic (exact) mass is 148 g/mol. The van der Waals surface area contributed by atoms with Crippen molar-refractivity contribution in [1.29, 1.82) is 10.5 Å². The van der Waals surface area contributed by atoms with Crippen LogP contribution in [0, 0.1) is 34.5 Å². The van der Waals surface area contributed by atoms with Crippen molar-refractivity contribution in [2.24, 2.45) is 11.8 Å². The number of hydrogen-bond donors (Lipinski definition) is 0. The number of nitrogens with zero attached hydrogens (tertiary/aromatic N) is 2. The molecule has 2 atom stereocenters. The summed E-state index contributed by atoms with van der Waals surface area (Å²) in [5.41, 5.74) is 0. The number of hydrogen-bond acceptors (Lipinski definition) is 2. The van der Waals surface area contributed by atoms with Crippen LogP contribution in [0.15, 0.2) is 0 Å². The molecule has 1 rings (SSSR count). The Bertz CT molecular complexity index is 175. The van der Waals surface area contributed by atoms with Crippen molar-refractivity contribution in [3.05, 3.63) is 0 Å². The Labute approximate surface area is 67.4 Å². The first-order valence-electron chi connectivity index (χ1n) is 4.17. The fraction of sp³-hybridized carbons (Fsp3) is 0.778. The lowest BCUT2D eigenvalue weighted by Gasteiger charge is -2.08. The van der Waals surface area contributed by atoms with E-state index in [0.717, 1.165) is 25.7 Å². The highest BCUT2D eigenvalue weighted by Gasteiger charge is 2.22. The molecule has 0 heterocycles. The molecule has 0 spiro atoms. The van der Waals surface area contributed by atoms with Crippen molar-refractivity contribution in [2.45, 2.75) is 32.1 Å². The molecule has 1 fully saturated rings. The lowest BCUT2D eigenvalue weighted by atomic mass is 9.91. The van der Waals surface area contributed by atoms with Crippen LogP contribution in [-0.4, -0.2) is 0 Å². The smallest absolute Gasteiger partial charge is 0.0669 e. The van der Waals surface area contributed by atoms with Crippen LogP contribution in [-0.2, 0) is 0 Å². The van der Waals surface area contributed by atoms with Crippen LogP contribution < -0.4 is 0 Å². The normalized spacial score (nSPS) is 31.5. The van der Waals surface area contributed by atoms with Crippen molar-refractivity contribution in [3.63, 3.8) is 0 Å². The first-order valence-corrected chi connectivity index (χ1v) is 4.17. The molecule has 2 heteroatoms. The van der Waals surface area contributed by atoms with E-state index in [-0.39, 0.29) is 11.8 Å². The zero-order chi connectivity index (χ0) is 8.10. The van der Waals surface area contributed by atoms with Gasteiger partial charge >= 0.3 is 0 Å². The van der Waals surface area contributed by atoms with E-state index in [2.05, 4.69) is 12.1 Å². The molecule has 2 nitrogen and oxygen atoms in total. The van der Waals surface area contributed by atoms with E-state index in [1.54, 1.807) is 0 Å². The summed E-state index contributed by atoms with van der Waals surface area (Å²) in [7, 11) is 0. The molecule has 0 radical (unpaired) electrons. The molecule has 58 valence electrons. The van der Waals surface area contributed by atoms with Gasteiger partial charge in [0.25, 0.3) is 0 Å². The lowest BCUT2D eigenvalue weighted by molar-refractivity contribution is 0.469. The van der Waals surface area contributed by atoms with Gasteiger partial charge in [0.2, 0.25) is 0 Å². The van der Waals surface area contributed by atoms with Gasteiger partial charge in [-0.05, 0) is 12.8 Å². The number of rotatable bonds is 0. The average molecular weight is 148 g/mol. The molecule has 0 bridgehead atoms. The molecule has 11 heavy (non-hydrogen) atoms. The molecule has 1 aliphatic carbocycles. The van der Waals surface area contributed by atoms with Gasteiger partial charge in [-0.3, -0.25) is 0 Å². The molecular weight excluding hydrogens is 136 g/mol. The second kappa shape index (κ2) is 3.98. The fourth-order valence-electron chi connectivity index (χ4n) is 1.62. The fourth-order valence-corrected chi connectivity index (χ4v) is 1.62. The molecule has 0 aromatic carbocycles. The molecular formula is C9H12N2. The van der Waals surface area contributed by atoms with Gasteiger partial charge in [0.05, 0.1) is 24.0 Å². The molecule has 0 aromatic heterocycles. The first-order chi connectivity index (χ1) is 5.38. The SMILES string of the molecule is N#CC1CCCCCC1C#N. The summed E-state index contributed by atoms with van der Waals surface area (Å²) in [6.45, 7) is 0. The lowest BCUT2D eigenvalue weighted by Crippen LogP contribution is -2.08. The van der Waals surface area contributed by atoms with E-state index in [1.165, 1.54) is 6.42 Å². The van der Waals surface area contributed by atoms with Gasteiger partial charge in [-0.25, -0.2) is 0 Å². The summed E-state index contributed by atoms with van der Waals surface area (Å²) in [6, 6.07) is 4.44. The van der Waals surface area contributed by atoms with E-state index in [1.807, 2.05) is 0 Å². The highest BCUT2D eigenvalue weighted by Crippen LogP contribution is 2.27. The van der Waals surface area contributed by atoms with E-state index in [0.29, 0.717) is 0 Å². The van der Waals surface area contributed by atoms with Gasteiger partial charge in [-0.2, -0.15) is 10.5 Å². The zero-order valence-corrected chi connectivity index (χ0v) is 6.58. The van der Waals surface area contributed by atoms with Crippen LogP contribution in [0.2, 0.25) is 0 Å². The number of nitriles is 2. The van der Waals surface area contributed by atoms with Crippen LogP contribution in [0.3, 0.4) is 0 Å². The highest BCUT2D eigenvalue weighted by atomic mass is 14.4. The van der Waals surface area contributed by atoms with Crippen LogP contribution in [0.5, 0.6) is 0 Å². The Morgan fingerprint density at radius 1 is 0.818 bits per heavy atom. The quantitative estimate of drug-likeness (QED) is 0.494. The molecule has 0 amide bonds. The maximum absolute atomic E-state index is 8.72. The Kier molecular flexibility index (Phi) is 2.93. The first kappa shape index (κ1) is 8.08. The van der Waals surface area contributed by atoms with Crippen molar-refractivity contribution >= 4 is 0 Å². The second-order valence-electron chi connectivity index (χ2n) is 3.11. The Balaban J connectivity index is 2.58. The maximum atomic E-state index is 8.72. The third-order valence-electron chi connectivity index (χ3n) is 2.35. The minimum atomic E-state index is 0.00231. The van der Waals surface area contributed by atoms with Gasteiger partial charge in [-0.1, -0.05) is 19.3 Å². The molecule has 2 unspecified atom stereocenters. The third-order valence-corrected chi connectivity index (χ3v) is 2.35. The van der Waals surface area contributed by atoms with Crippen LogP contribution in [0.4, 0.5) is 0 Å². The van der Waals surface area contributed by atoms with E-state index >= 15 is 0 Å². The van der Waals surface area contributed by atoms with Crippen LogP contribution >= 0.6 is 0 Å². The summed E-state index contributed by atoms with van der Waals surface area (Å²) in [6.07, 6.45) is 5.28. The molecule has 0 N–H and O–H groups in total. The van der Waals surface area contributed by atoms with E-state index in [9.17, 15) is 0 Å². The summed E-state index contributed by atoms with van der Waals surface area (Å²) in [5.74, 6) is 0.00463. The molecule has 1 aliphatic rings. The Hall–Kier alpha value is -1.02. The summed E-state index contributed by atoms with van der Waals surface area (Å²) in [5, 5.41) is 17.4. The van der Waals surface area contributed by atoms with Crippen molar-refractivity contribution in [1.82, 2.24) is 0 Å². The second-order valence-corrected chi connectivity index (χ2v) is 3.11. The third kappa shape index (κ3) is 1.95. The molecule has 0 saturated heterocycles. The van der Waals surface area contributed by atoms with Crippen LogP contribution in [0.25, 0.3) is 0 Å². The van der Waals surface area contributed by atoms with Crippen LogP contribution in [0.1, 0.15) is 32.1 Å². The van der Waals surface area contributed by atoms with Gasteiger partial charge in [0.15, 0.2) is 0 Å². The van der Waals surface area contributed by atoms with Crippen molar-refractivity contribution < 1.29 is 0 Å². The standard InChI is InChI=1S/C9H12N2/c10-6-8-4-2-1-3-5-9(8)7-11/h8-9H,1-5H2. The van der Waals surface area contributed by atoms with E-state index in [4.69, 9.17) is 10.5 Å². The van der Waals surface area contributed by atoms with Gasteiger partial charge < -0.3 is 0 Å². The topological polar surface area (TPSA) is 47.6 Å². The summed E-state index contributed by atoms with van der Waals surface area (Å²) >= 11 is 0. The Morgan fingerprint density at radius 2 is 1.27 bits per heavy atom. The van der Waals surface area contributed by atoms with Gasteiger partial charge in [0.1, 0.15) is 0 Å². The Morgan fingerprint density at radius 3 is 1.64 bits per heavy atom. The van der Waals surface area contributed by atoms with E-state index < -0.39 is 0 Å². The van der Waals surface area contributed by atoms with Crippen molar-refractivity contribution in [2.75, 3.05) is 0 Å². The molecule has 1 saturated carbocycles. The minimum absolute atomic E-state index is 0.00231. The highest BCUT2D eigenvalue weighted by molar-refractivity contribution is 4.98. The predicted molar refractivity (Wildman–Crippen MR) is 41.3 cm³/mol. The largest absolute Gasteiger partial charge is 0.198 e. The molecule has 0 aliphatic heterocycles. The average Bonchev–Trinajstić information content (AvgIpc) is 2.27. The zero-order valence-electron chi connectivity index (χ0n) is 6.58. The van der Waals surface area contributed by atoms with Gasteiger partial charge in [0, 0.05) is 0 Å². The predicted octanol–water partition coefficient (Wildman–Crippen LogP) is 2.23. The maximum Gasteiger partial charge on any atom is 0.0669 e.